The highest BCUT2D eigenvalue weighted by Gasteiger charge is 2.16. The largest absolute Gasteiger partial charge is 0.324 e. The van der Waals surface area contributed by atoms with E-state index in [1.54, 1.807) is 23.1 Å². The van der Waals surface area contributed by atoms with Gasteiger partial charge in [0.2, 0.25) is 5.91 Å². The maximum absolute atomic E-state index is 12.5. The molecule has 1 atom stereocenters. The van der Waals surface area contributed by atoms with Gasteiger partial charge >= 0.3 is 0 Å². The summed E-state index contributed by atoms with van der Waals surface area (Å²) in [4.78, 5) is 14.8. The van der Waals surface area contributed by atoms with Gasteiger partial charge in [0.1, 0.15) is 0 Å². The number of aryl methyl sites for hydroxylation is 1. The van der Waals surface area contributed by atoms with Crippen molar-refractivity contribution in [1.29, 1.82) is 0 Å². The van der Waals surface area contributed by atoms with Gasteiger partial charge in [0, 0.05) is 9.77 Å². The van der Waals surface area contributed by atoms with Crippen molar-refractivity contribution in [2.24, 2.45) is 0 Å². The molecule has 5 heteroatoms. The molecule has 0 aliphatic carbocycles. The van der Waals surface area contributed by atoms with Crippen molar-refractivity contribution in [3.8, 4) is 0 Å². The summed E-state index contributed by atoms with van der Waals surface area (Å²) < 4.78 is 0. The normalized spacial score (nSPS) is 11.9. The SMILES string of the molecule is CCc1ccc([C@H](NCC(=O)Nc2ccccc2SC)c2cccs2)cc1. The lowest BCUT2D eigenvalue weighted by molar-refractivity contribution is -0.115. The first-order valence-electron chi connectivity index (χ1n) is 8.99. The van der Waals surface area contributed by atoms with E-state index < -0.39 is 0 Å². The Hall–Kier alpha value is -2.08. The Kier molecular flexibility index (Phi) is 7.10. The zero-order valence-corrected chi connectivity index (χ0v) is 17.2. The number of thiophene rings is 1. The van der Waals surface area contributed by atoms with Crippen molar-refractivity contribution in [3.63, 3.8) is 0 Å². The van der Waals surface area contributed by atoms with Crippen molar-refractivity contribution in [1.82, 2.24) is 5.32 Å². The molecule has 0 saturated carbocycles. The van der Waals surface area contributed by atoms with E-state index in [-0.39, 0.29) is 18.5 Å². The predicted octanol–water partition coefficient (Wildman–Crippen LogP) is 5.35. The third-order valence-electron chi connectivity index (χ3n) is 4.40. The highest BCUT2D eigenvalue weighted by Crippen LogP contribution is 2.27. The first-order valence-corrected chi connectivity index (χ1v) is 11.1. The third kappa shape index (κ3) is 5.22. The molecule has 0 fully saturated rings. The van der Waals surface area contributed by atoms with Gasteiger partial charge in [-0.2, -0.15) is 0 Å². The van der Waals surface area contributed by atoms with E-state index in [0.717, 1.165) is 17.0 Å². The number of rotatable bonds is 8. The lowest BCUT2D eigenvalue weighted by atomic mass is 10.0. The Morgan fingerprint density at radius 1 is 1.07 bits per heavy atom. The summed E-state index contributed by atoms with van der Waals surface area (Å²) in [5.41, 5.74) is 3.35. The van der Waals surface area contributed by atoms with Crippen LogP contribution in [-0.4, -0.2) is 18.7 Å². The van der Waals surface area contributed by atoms with Crippen LogP contribution < -0.4 is 10.6 Å². The number of hydrogen-bond donors (Lipinski definition) is 2. The molecule has 27 heavy (non-hydrogen) atoms. The Morgan fingerprint density at radius 2 is 1.85 bits per heavy atom. The van der Waals surface area contributed by atoms with Gasteiger partial charge in [-0.3, -0.25) is 10.1 Å². The fraction of sp³-hybridized carbons (Fsp3) is 0.227. The van der Waals surface area contributed by atoms with Crippen LogP contribution in [0.2, 0.25) is 0 Å². The van der Waals surface area contributed by atoms with E-state index in [4.69, 9.17) is 0 Å². The number of benzene rings is 2. The molecule has 0 saturated heterocycles. The van der Waals surface area contributed by atoms with Crippen LogP contribution in [0.5, 0.6) is 0 Å². The van der Waals surface area contributed by atoms with E-state index >= 15 is 0 Å². The lowest BCUT2D eigenvalue weighted by Gasteiger charge is -2.18. The van der Waals surface area contributed by atoms with Gasteiger partial charge < -0.3 is 5.32 Å². The van der Waals surface area contributed by atoms with Crippen molar-refractivity contribution < 1.29 is 4.79 Å². The Morgan fingerprint density at radius 3 is 2.52 bits per heavy atom. The third-order valence-corrected chi connectivity index (χ3v) is 6.13. The van der Waals surface area contributed by atoms with Gasteiger partial charge in [0.25, 0.3) is 0 Å². The molecular formula is C22H24N2OS2. The Balaban J connectivity index is 1.70. The van der Waals surface area contributed by atoms with Crippen molar-refractivity contribution >= 4 is 34.7 Å². The predicted molar refractivity (Wildman–Crippen MR) is 117 cm³/mol. The number of para-hydroxylation sites is 1. The molecule has 3 aromatic rings. The highest BCUT2D eigenvalue weighted by molar-refractivity contribution is 7.98. The summed E-state index contributed by atoms with van der Waals surface area (Å²) in [7, 11) is 0. The molecule has 0 spiro atoms. The molecule has 0 aliphatic heterocycles. The second kappa shape index (κ2) is 9.74. The molecule has 0 radical (unpaired) electrons. The van der Waals surface area contributed by atoms with E-state index in [9.17, 15) is 4.79 Å². The van der Waals surface area contributed by atoms with E-state index in [1.165, 1.54) is 16.0 Å². The minimum absolute atomic E-state index is 0.0115. The summed E-state index contributed by atoms with van der Waals surface area (Å²) in [6, 6.07) is 20.6. The van der Waals surface area contributed by atoms with E-state index in [0.29, 0.717) is 0 Å². The standard InChI is InChI=1S/C22H24N2OS2/c1-3-16-10-12-17(13-11-16)22(20-9-6-14-27-20)23-15-21(25)24-18-7-4-5-8-19(18)26-2/h4-14,22-23H,3,15H2,1-2H3,(H,24,25)/t22-/m0/s1. The summed E-state index contributed by atoms with van der Waals surface area (Å²) in [6.45, 7) is 2.40. The number of amides is 1. The minimum Gasteiger partial charge on any atom is -0.324 e. The number of nitrogens with one attached hydrogen (secondary N) is 2. The molecule has 0 unspecified atom stereocenters. The number of thioether (sulfide) groups is 1. The molecule has 2 N–H and O–H groups in total. The first-order chi connectivity index (χ1) is 13.2. The van der Waals surface area contributed by atoms with Crippen molar-refractivity contribution in [2.75, 3.05) is 18.1 Å². The van der Waals surface area contributed by atoms with Crippen molar-refractivity contribution in [2.45, 2.75) is 24.3 Å². The monoisotopic (exact) mass is 396 g/mol. The molecule has 1 amide bonds. The molecule has 2 aromatic carbocycles. The summed E-state index contributed by atoms with van der Waals surface area (Å²) in [6.07, 6.45) is 3.03. The van der Waals surface area contributed by atoms with E-state index in [2.05, 4.69) is 53.3 Å². The smallest absolute Gasteiger partial charge is 0.238 e. The van der Waals surface area contributed by atoms with E-state index in [1.807, 2.05) is 36.6 Å². The van der Waals surface area contributed by atoms with Crippen LogP contribution in [0.1, 0.15) is 29.0 Å². The molecule has 3 rings (SSSR count). The van der Waals surface area contributed by atoms with Gasteiger partial charge in [-0.25, -0.2) is 0 Å². The zero-order chi connectivity index (χ0) is 19.1. The molecule has 1 aromatic heterocycles. The summed E-state index contributed by atoms with van der Waals surface area (Å²) in [5.74, 6) is -0.0387. The fourth-order valence-corrected chi connectivity index (χ4v) is 4.30. The maximum Gasteiger partial charge on any atom is 0.238 e. The zero-order valence-electron chi connectivity index (χ0n) is 15.6. The molecule has 0 aliphatic rings. The Labute approximate surface area is 169 Å². The van der Waals surface area contributed by atoms with Crippen LogP contribution >= 0.6 is 23.1 Å². The van der Waals surface area contributed by atoms with Crippen LogP contribution in [-0.2, 0) is 11.2 Å². The first kappa shape index (κ1) is 19.7. The molecular weight excluding hydrogens is 372 g/mol. The van der Waals surface area contributed by atoms with Gasteiger partial charge in [-0.05, 0) is 47.4 Å². The molecule has 1 heterocycles. The average molecular weight is 397 g/mol. The average Bonchev–Trinajstić information content (AvgIpc) is 3.23. The molecule has 140 valence electrons. The fourth-order valence-electron chi connectivity index (χ4n) is 2.92. The van der Waals surface area contributed by atoms with Gasteiger partial charge in [-0.15, -0.1) is 23.1 Å². The topological polar surface area (TPSA) is 41.1 Å². The van der Waals surface area contributed by atoms with Gasteiger partial charge in [0.05, 0.1) is 18.3 Å². The summed E-state index contributed by atoms with van der Waals surface area (Å²) in [5, 5.41) is 8.51. The van der Waals surface area contributed by atoms with Crippen LogP contribution in [0.4, 0.5) is 5.69 Å². The summed E-state index contributed by atoms with van der Waals surface area (Å²) >= 11 is 3.33. The number of anilines is 1. The Bertz CT molecular complexity index is 860. The van der Waals surface area contributed by atoms with Gasteiger partial charge in [0.15, 0.2) is 0 Å². The number of carbonyl (C=O) groups is 1. The molecule has 0 bridgehead atoms. The van der Waals surface area contributed by atoms with Crippen LogP contribution in [0, 0.1) is 0 Å². The second-order valence-electron chi connectivity index (χ2n) is 6.17. The number of carbonyl (C=O) groups excluding carboxylic acids is 1. The maximum atomic E-state index is 12.5. The highest BCUT2D eigenvalue weighted by atomic mass is 32.2. The lowest BCUT2D eigenvalue weighted by Crippen LogP contribution is -2.31. The van der Waals surface area contributed by atoms with Crippen LogP contribution in [0.3, 0.4) is 0 Å². The van der Waals surface area contributed by atoms with Crippen LogP contribution in [0.15, 0.2) is 70.9 Å². The van der Waals surface area contributed by atoms with Crippen molar-refractivity contribution in [3.05, 3.63) is 82.0 Å². The van der Waals surface area contributed by atoms with Gasteiger partial charge in [-0.1, -0.05) is 49.4 Å². The quantitative estimate of drug-likeness (QED) is 0.504. The number of hydrogen-bond acceptors (Lipinski definition) is 4. The minimum atomic E-state index is -0.0387. The second-order valence-corrected chi connectivity index (χ2v) is 8.00. The molecule has 3 nitrogen and oxygen atoms in total. The van der Waals surface area contributed by atoms with Crippen LogP contribution in [0.25, 0.3) is 0 Å².